The molecule has 2 atom stereocenters. The molecule has 0 aromatic rings. The van der Waals surface area contributed by atoms with Gasteiger partial charge in [0, 0.05) is 12.8 Å². The quantitative estimate of drug-likeness (QED) is 0.0320. The van der Waals surface area contributed by atoms with E-state index in [-0.39, 0.29) is 18.5 Å². The number of esters is 1. The number of aliphatic hydroxyl groups excluding tert-OH is 2. The molecular formula is C69H131NO5. The normalized spacial score (nSPS) is 12.7. The molecule has 0 aromatic carbocycles. The van der Waals surface area contributed by atoms with Crippen molar-refractivity contribution in [3.63, 3.8) is 0 Å². The molecule has 0 heterocycles. The van der Waals surface area contributed by atoms with Gasteiger partial charge in [-0.05, 0) is 83.5 Å². The third-order valence-corrected chi connectivity index (χ3v) is 15.6. The number of hydrogen-bond donors (Lipinski definition) is 3. The Morgan fingerprint density at radius 1 is 0.360 bits per heavy atom. The number of amides is 1. The predicted molar refractivity (Wildman–Crippen MR) is 329 cm³/mol. The van der Waals surface area contributed by atoms with E-state index in [0.29, 0.717) is 19.4 Å². The Morgan fingerprint density at radius 3 is 0.947 bits per heavy atom. The molecular weight excluding hydrogens is 923 g/mol. The lowest BCUT2D eigenvalue weighted by molar-refractivity contribution is -0.143. The smallest absolute Gasteiger partial charge is 0.305 e. The van der Waals surface area contributed by atoms with E-state index in [9.17, 15) is 19.8 Å². The van der Waals surface area contributed by atoms with Gasteiger partial charge >= 0.3 is 5.97 Å². The van der Waals surface area contributed by atoms with Gasteiger partial charge in [-0.2, -0.15) is 0 Å². The lowest BCUT2D eigenvalue weighted by atomic mass is 10.0. The third-order valence-electron chi connectivity index (χ3n) is 15.6. The van der Waals surface area contributed by atoms with Crippen LogP contribution < -0.4 is 5.32 Å². The van der Waals surface area contributed by atoms with Gasteiger partial charge in [-0.25, -0.2) is 0 Å². The Labute approximate surface area is 468 Å². The van der Waals surface area contributed by atoms with Gasteiger partial charge in [0.05, 0.1) is 25.4 Å². The van der Waals surface area contributed by atoms with Crippen molar-refractivity contribution < 1.29 is 24.5 Å². The highest BCUT2D eigenvalue weighted by atomic mass is 16.5. The summed E-state index contributed by atoms with van der Waals surface area (Å²) < 4.78 is 5.48. The molecule has 0 saturated carbocycles. The van der Waals surface area contributed by atoms with Crippen LogP contribution in [0.15, 0.2) is 36.5 Å². The number of hydrogen-bond acceptors (Lipinski definition) is 5. The summed E-state index contributed by atoms with van der Waals surface area (Å²) in [6.07, 6.45) is 82.0. The summed E-state index contributed by atoms with van der Waals surface area (Å²) in [4.78, 5) is 24.5. The molecule has 6 heteroatoms. The van der Waals surface area contributed by atoms with Gasteiger partial charge in [0.15, 0.2) is 0 Å². The minimum Gasteiger partial charge on any atom is -0.466 e. The summed E-state index contributed by atoms with van der Waals surface area (Å²) in [5.74, 6) is -0.0617. The number of carbonyl (C=O) groups excluding carboxylic acids is 2. The Balaban J connectivity index is 3.42. The molecule has 0 aliphatic heterocycles. The van der Waals surface area contributed by atoms with Crippen molar-refractivity contribution in [3.05, 3.63) is 36.5 Å². The first-order chi connectivity index (χ1) is 37.0. The van der Waals surface area contributed by atoms with Gasteiger partial charge in [-0.3, -0.25) is 9.59 Å². The molecule has 0 spiro atoms. The van der Waals surface area contributed by atoms with Gasteiger partial charge in [-0.1, -0.05) is 307 Å². The average molecular weight is 1050 g/mol. The number of nitrogens with one attached hydrogen (secondary N) is 1. The molecule has 442 valence electrons. The largest absolute Gasteiger partial charge is 0.466 e. The molecule has 0 aliphatic rings. The summed E-state index contributed by atoms with van der Waals surface area (Å²) in [6.45, 7) is 4.92. The van der Waals surface area contributed by atoms with Crippen LogP contribution in [0.1, 0.15) is 367 Å². The van der Waals surface area contributed by atoms with Crippen molar-refractivity contribution in [2.75, 3.05) is 13.2 Å². The van der Waals surface area contributed by atoms with Crippen LogP contribution in [0, 0.1) is 0 Å². The highest BCUT2D eigenvalue weighted by Crippen LogP contribution is 2.18. The summed E-state index contributed by atoms with van der Waals surface area (Å²) in [6, 6.07) is -0.630. The maximum Gasteiger partial charge on any atom is 0.305 e. The number of carbonyl (C=O) groups is 2. The van der Waals surface area contributed by atoms with E-state index in [4.69, 9.17) is 4.74 Å². The molecule has 0 radical (unpaired) electrons. The Morgan fingerprint density at radius 2 is 0.627 bits per heavy atom. The fraction of sp³-hybridized carbons (Fsp3) is 0.884. The summed E-state index contributed by atoms with van der Waals surface area (Å²) >= 11 is 0. The molecule has 2 unspecified atom stereocenters. The molecule has 0 aromatic heterocycles. The van der Waals surface area contributed by atoms with Crippen LogP contribution in [-0.2, 0) is 14.3 Å². The minimum atomic E-state index is -0.846. The van der Waals surface area contributed by atoms with E-state index in [1.807, 2.05) is 6.08 Å². The summed E-state index contributed by atoms with van der Waals surface area (Å²) in [5.41, 5.74) is 0. The van der Waals surface area contributed by atoms with Crippen LogP contribution in [0.2, 0.25) is 0 Å². The van der Waals surface area contributed by atoms with Crippen LogP contribution in [0.4, 0.5) is 0 Å². The van der Waals surface area contributed by atoms with Crippen LogP contribution in [-0.4, -0.2) is 47.4 Å². The van der Waals surface area contributed by atoms with Crippen LogP contribution >= 0.6 is 0 Å². The molecule has 6 nitrogen and oxygen atoms in total. The summed E-state index contributed by atoms with van der Waals surface area (Å²) in [5, 5.41) is 23.2. The van der Waals surface area contributed by atoms with E-state index in [0.717, 1.165) is 44.9 Å². The number of ether oxygens (including phenoxy) is 1. The molecule has 0 bridgehead atoms. The molecule has 0 rings (SSSR count). The Hall–Kier alpha value is -1.92. The zero-order chi connectivity index (χ0) is 54.3. The predicted octanol–water partition coefficient (Wildman–Crippen LogP) is 21.5. The van der Waals surface area contributed by atoms with E-state index in [1.165, 1.54) is 295 Å². The topological polar surface area (TPSA) is 95.9 Å². The second-order valence-electron chi connectivity index (χ2n) is 23.1. The van der Waals surface area contributed by atoms with Gasteiger partial charge in [0.2, 0.25) is 5.91 Å². The van der Waals surface area contributed by atoms with Gasteiger partial charge < -0.3 is 20.3 Å². The highest BCUT2D eigenvalue weighted by molar-refractivity contribution is 5.76. The molecule has 0 aliphatic carbocycles. The second-order valence-corrected chi connectivity index (χ2v) is 23.1. The zero-order valence-electron chi connectivity index (χ0n) is 50.5. The average Bonchev–Trinajstić information content (AvgIpc) is 3.41. The minimum absolute atomic E-state index is 0.00560. The fourth-order valence-electron chi connectivity index (χ4n) is 10.4. The second kappa shape index (κ2) is 64.6. The SMILES string of the molecule is CCCCCCC/C=C\CCCCCCCC(=O)OCCCCCCCCCCCCCC/C=C\CCCCCCCCCCCCC(=O)NC(CO)C(O)/C=C/CCCCCCCCCCCCCCCCCC. The maximum absolute atomic E-state index is 12.5. The number of aliphatic hydroxyl groups is 2. The van der Waals surface area contributed by atoms with Crippen LogP contribution in [0.3, 0.4) is 0 Å². The van der Waals surface area contributed by atoms with Gasteiger partial charge in [-0.15, -0.1) is 0 Å². The number of unbranched alkanes of at least 4 members (excludes halogenated alkanes) is 48. The molecule has 0 fully saturated rings. The molecule has 3 N–H and O–H groups in total. The van der Waals surface area contributed by atoms with E-state index >= 15 is 0 Å². The van der Waals surface area contributed by atoms with E-state index < -0.39 is 12.1 Å². The van der Waals surface area contributed by atoms with Crippen LogP contribution in [0.25, 0.3) is 0 Å². The highest BCUT2D eigenvalue weighted by Gasteiger charge is 2.18. The Bertz CT molecular complexity index is 1210. The van der Waals surface area contributed by atoms with Crippen LogP contribution in [0.5, 0.6) is 0 Å². The van der Waals surface area contributed by atoms with Crippen molar-refractivity contribution in [1.82, 2.24) is 5.32 Å². The van der Waals surface area contributed by atoms with Crippen molar-refractivity contribution in [2.24, 2.45) is 0 Å². The van der Waals surface area contributed by atoms with Gasteiger partial charge in [0.1, 0.15) is 0 Å². The molecule has 1 amide bonds. The Kier molecular flexibility index (Phi) is 63.0. The number of allylic oxidation sites excluding steroid dienone is 5. The monoisotopic (exact) mass is 1050 g/mol. The molecule has 0 saturated heterocycles. The van der Waals surface area contributed by atoms with Gasteiger partial charge in [0.25, 0.3) is 0 Å². The van der Waals surface area contributed by atoms with E-state index in [2.05, 4.69) is 43.5 Å². The van der Waals surface area contributed by atoms with Crippen molar-refractivity contribution in [2.45, 2.75) is 379 Å². The lowest BCUT2D eigenvalue weighted by Crippen LogP contribution is -2.45. The molecule has 75 heavy (non-hydrogen) atoms. The third kappa shape index (κ3) is 61.2. The van der Waals surface area contributed by atoms with Crippen molar-refractivity contribution in [3.8, 4) is 0 Å². The first kappa shape index (κ1) is 73.1. The fourth-order valence-corrected chi connectivity index (χ4v) is 10.4. The zero-order valence-corrected chi connectivity index (χ0v) is 50.5. The lowest BCUT2D eigenvalue weighted by Gasteiger charge is -2.20. The standard InChI is InChI=1S/C69H131NO5/c1-3-5-7-9-11-13-15-17-19-20-31-34-37-41-45-49-53-57-61-67(72)66(65-71)70-68(73)62-58-54-50-46-42-38-35-32-29-27-25-23-21-22-24-26-28-30-33-36-40-44-48-52-56-60-64-75-69(74)63-59-55-51-47-43-39-18-16-14-12-10-8-6-4-2/h16,18,21,23,57,61,66-67,71-72H,3-15,17,19-20,22,24-56,58-60,62-65H2,1-2H3,(H,70,73)/b18-16-,23-21-,61-57+. The first-order valence-electron chi connectivity index (χ1n) is 33.8. The van der Waals surface area contributed by atoms with E-state index in [1.54, 1.807) is 6.08 Å². The van der Waals surface area contributed by atoms with Crippen molar-refractivity contribution in [1.29, 1.82) is 0 Å². The summed E-state index contributed by atoms with van der Waals surface area (Å²) in [7, 11) is 0. The first-order valence-corrected chi connectivity index (χ1v) is 33.8. The maximum atomic E-state index is 12.5. The number of rotatable bonds is 63. The van der Waals surface area contributed by atoms with Crippen molar-refractivity contribution >= 4 is 11.9 Å².